The van der Waals surface area contributed by atoms with Gasteiger partial charge in [0.25, 0.3) is 0 Å². The topological polar surface area (TPSA) is 38.5 Å². The van der Waals surface area contributed by atoms with E-state index in [1.807, 2.05) is 0 Å². The van der Waals surface area contributed by atoms with Crippen LogP contribution in [0.15, 0.2) is 18.2 Å². The maximum atomic E-state index is 13.0. The van der Waals surface area contributed by atoms with Gasteiger partial charge in [-0.3, -0.25) is 4.90 Å². The van der Waals surface area contributed by atoms with Crippen LogP contribution in [-0.2, 0) is 11.3 Å². The van der Waals surface area contributed by atoms with Crippen molar-refractivity contribution >= 4 is 28.8 Å². The molecule has 18 heavy (non-hydrogen) atoms. The first kappa shape index (κ1) is 13.7. The van der Waals surface area contributed by atoms with E-state index in [9.17, 15) is 4.39 Å². The van der Waals surface area contributed by atoms with Crippen LogP contribution < -0.4 is 5.73 Å². The summed E-state index contributed by atoms with van der Waals surface area (Å²) < 4.78 is 18.5. The number of benzene rings is 1. The fourth-order valence-electron chi connectivity index (χ4n) is 1.91. The van der Waals surface area contributed by atoms with E-state index in [4.69, 9.17) is 34.3 Å². The van der Waals surface area contributed by atoms with Crippen LogP contribution in [0.25, 0.3) is 0 Å². The van der Waals surface area contributed by atoms with E-state index in [-0.39, 0.29) is 11.1 Å². The van der Waals surface area contributed by atoms with Gasteiger partial charge in [0.2, 0.25) is 0 Å². The summed E-state index contributed by atoms with van der Waals surface area (Å²) in [5.74, 6) is -0.400. The van der Waals surface area contributed by atoms with Crippen LogP contribution in [0.2, 0.25) is 5.02 Å². The average molecular weight is 289 g/mol. The van der Waals surface area contributed by atoms with E-state index in [2.05, 4.69) is 4.90 Å². The molecule has 3 nitrogen and oxygen atoms in total. The van der Waals surface area contributed by atoms with Gasteiger partial charge in [-0.2, -0.15) is 0 Å². The molecule has 0 spiro atoms. The minimum atomic E-state index is -0.400. The normalized spacial score (nSPS) is 20.9. The molecule has 2 N–H and O–H groups in total. The lowest BCUT2D eigenvalue weighted by molar-refractivity contribution is 0.00390. The predicted octanol–water partition coefficient (Wildman–Crippen LogP) is 1.97. The van der Waals surface area contributed by atoms with Gasteiger partial charge in [0, 0.05) is 19.6 Å². The Bertz CT molecular complexity index is 458. The van der Waals surface area contributed by atoms with E-state index in [1.165, 1.54) is 6.07 Å². The molecule has 1 atom stereocenters. The molecule has 1 fully saturated rings. The van der Waals surface area contributed by atoms with Crippen molar-refractivity contribution in [2.24, 2.45) is 5.73 Å². The van der Waals surface area contributed by atoms with Crippen molar-refractivity contribution < 1.29 is 9.13 Å². The molecule has 1 heterocycles. The molecule has 1 aromatic carbocycles. The number of thiocarbonyl (C=S) groups is 1. The maximum Gasteiger partial charge on any atom is 0.141 e. The third-order valence-electron chi connectivity index (χ3n) is 2.86. The number of nitrogens with zero attached hydrogens (tertiary/aromatic N) is 1. The molecule has 6 heteroatoms. The number of morpholine rings is 1. The Morgan fingerprint density at radius 1 is 1.61 bits per heavy atom. The molecular formula is C12H14ClFN2OS. The van der Waals surface area contributed by atoms with Crippen LogP contribution in [0, 0.1) is 5.82 Å². The van der Waals surface area contributed by atoms with Crippen molar-refractivity contribution in [1.29, 1.82) is 0 Å². The molecular weight excluding hydrogens is 275 g/mol. The number of ether oxygens (including phenoxy) is 1. The number of halogens is 2. The number of hydrogen-bond donors (Lipinski definition) is 1. The Balaban J connectivity index is 2.00. The first-order chi connectivity index (χ1) is 8.56. The summed E-state index contributed by atoms with van der Waals surface area (Å²) in [6, 6.07) is 4.75. The lowest BCUT2D eigenvalue weighted by atomic mass is 10.2. The standard InChI is InChI=1S/C12H14ClFN2OS/c13-9-5-8(1-2-10(9)14)6-16-3-4-17-11(7-16)12(15)18/h1-2,5,11H,3-4,6-7H2,(H2,15,18). The number of rotatable bonds is 3. The Morgan fingerprint density at radius 2 is 2.39 bits per heavy atom. The molecule has 1 unspecified atom stereocenters. The molecule has 1 aliphatic rings. The summed E-state index contributed by atoms with van der Waals surface area (Å²) in [4.78, 5) is 2.54. The van der Waals surface area contributed by atoms with E-state index in [0.29, 0.717) is 24.7 Å². The van der Waals surface area contributed by atoms with Crippen molar-refractivity contribution in [3.05, 3.63) is 34.6 Å². The first-order valence-corrected chi connectivity index (χ1v) is 6.42. The molecule has 98 valence electrons. The second-order valence-corrected chi connectivity index (χ2v) is 5.12. The van der Waals surface area contributed by atoms with E-state index < -0.39 is 5.82 Å². The quantitative estimate of drug-likeness (QED) is 0.863. The van der Waals surface area contributed by atoms with Gasteiger partial charge < -0.3 is 10.5 Å². The van der Waals surface area contributed by atoms with Crippen LogP contribution >= 0.6 is 23.8 Å². The summed E-state index contributed by atoms with van der Waals surface area (Å²) in [6.07, 6.45) is -0.204. The van der Waals surface area contributed by atoms with Gasteiger partial charge in [0.15, 0.2) is 0 Å². The first-order valence-electron chi connectivity index (χ1n) is 5.63. The fraction of sp³-hybridized carbons (Fsp3) is 0.417. The van der Waals surface area contributed by atoms with Crippen molar-refractivity contribution in [1.82, 2.24) is 4.90 Å². The third-order valence-corrected chi connectivity index (χ3v) is 3.41. The highest BCUT2D eigenvalue weighted by molar-refractivity contribution is 7.80. The number of nitrogens with two attached hydrogens (primary N) is 1. The molecule has 1 aromatic rings. The van der Waals surface area contributed by atoms with Crippen molar-refractivity contribution in [3.63, 3.8) is 0 Å². The Hall–Kier alpha value is -0.750. The van der Waals surface area contributed by atoms with E-state index in [0.717, 1.165) is 12.1 Å². The lowest BCUT2D eigenvalue weighted by Crippen LogP contribution is -2.47. The zero-order valence-corrected chi connectivity index (χ0v) is 11.3. The van der Waals surface area contributed by atoms with Crippen LogP contribution in [0.3, 0.4) is 0 Å². The molecule has 0 saturated carbocycles. The Labute approximate surface area is 116 Å². The van der Waals surface area contributed by atoms with Gasteiger partial charge in [-0.1, -0.05) is 29.9 Å². The minimum Gasteiger partial charge on any atom is -0.391 e. The zero-order valence-electron chi connectivity index (χ0n) is 9.73. The predicted molar refractivity (Wildman–Crippen MR) is 73.2 cm³/mol. The minimum absolute atomic E-state index is 0.145. The SMILES string of the molecule is NC(=S)C1CN(Cc2ccc(F)c(Cl)c2)CCO1. The molecule has 0 aromatic heterocycles. The summed E-state index contributed by atoms with van der Waals surface area (Å²) in [7, 11) is 0. The monoisotopic (exact) mass is 288 g/mol. The maximum absolute atomic E-state index is 13.0. The Kier molecular flexibility index (Phi) is 4.50. The Morgan fingerprint density at radius 3 is 3.06 bits per heavy atom. The molecule has 2 rings (SSSR count). The summed E-state index contributed by atoms with van der Waals surface area (Å²) in [6.45, 7) is 2.73. The summed E-state index contributed by atoms with van der Waals surface area (Å²) >= 11 is 10.7. The van der Waals surface area contributed by atoms with E-state index in [1.54, 1.807) is 12.1 Å². The van der Waals surface area contributed by atoms with Gasteiger partial charge >= 0.3 is 0 Å². The number of hydrogen-bond acceptors (Lipinski definition) is 3. The van der Waals surface area contributed by atoms with Crippen molar-refractivity contribution in [3.8, 4) is 0 Å². The highest BCUT2D eigenvalue weighted by Crippen LogP contribution is 2.18. The van der Waals surface area contributed by atoms with Gasteiger partial charge in [-0.15, -0.1) is 0 Å². The van der Waals surface area contributed by atoms with Crippen LogP contribution in [0.1, 0.15) is 5.56 Å². The van der Waals surface area contributed by atoms with Crippen LogP contribution in [-0.4, -0.2) is 35.7 Å². The van der Waals surface area contributed by atoms with Crippen LogP contribution in [0.5, 0.6) is 0 Å². The average Bonchev–Trinajstić information content (AvgIpc) is 2.34. The summed E-state index contributed by atoms with van der Waals surface area (Å²) in [5.41, 5.74) is 6.54. The highest BCUT2D eigenvalue weighted by atomic mass is 35.5. The van der Waals surface area contributed by atoms with Gasteiger partial charge in [0.05, 0.1) is 11.6 Å². The zero-order chi connectivity index (χ0) is 13.1. The second-order valence-electron chi connectivity index (χ2n) is 4.25. The molecule has 1 saturated heterocycles. The van der Waals surface area contributed by atoms with Gasteiger partial charge in [-0.25, -0.2) is 4.39 Å². The molecule has 1 aliphatic heterocycles. The van der Waals surface area contributed by atoms with Crippen molar-refractivity contribution in [2.45, 2.75) is 12.6 Å². The fourth-order valence-corrected chi connectivity index (χ4v) is 2.26. The molecule has 0 radical (unpaired) electrons. The third kappa shape index (κ3) is 3.38. The van der Waals surface area contributed by atoms with E-state index >= 15 is 0 Å². The largest absolute Gasteiger partial charge is 0.391 e. The van der Waals surface area contributed by atoms with Crippen LogP contribution in [0.4, 0.5) is 4.39 Å². The van der Waals surface area contributed by atoms with Gasteiger partial charge in [-0.05, 0) is 17.7 Å². The van der Waals surface area contributed by atoms with Gasteiger partial charge in [0.1, 0.15) is 16.9 Å². The molecule has 0 aliphatic carbocycles. The van der Waals surface area contributed by atoms with Crippen molar-refractivity contribution in [2.75, 3.05) is 19.7 Å². The summed E-state index contributed by atoms with van der Waals surface area (Å²) in [5, 5.41) is 0.145. The second kappa shape index (κ2) is 5.93. The smallest absolute Gasteiger partial charge is 0.141 e. The lowest BCUT2D eigenvalue weighted by Gasteiger charge is -2.32. The molecule has 0 bridgehead atoms. The molecule has 0 amide bonds. The highest BCUT2D eigenvalue weighted by Gasteiger charge is 2.22.